The number of rotatable bonds is 0. The van der Waals surface area contributed by atoms with Crippen LogP contribution in [0.1, 0.15) is 11.1 Å². The van der Waals surface area contributed by atoms with Gasteiger partial charge < -0.3 is 4.42 Å². The molecule has 1 aromatic heterocycles. The van der Waals surface area contributed by atoms with Gasteiger partial charge in [0.25, 0.3) is 0 Å². The smallest absolute Gasteiger partial charge is 0.136 e. The maximum absolute atomic E-state index is 5.96. The highest BCUT2D eigenvalue weighted by Gasteiger charge is 2.10. The third-order valence-electron chi connectivity index (χ3n) is 3.76. The summed E-state index contributed by atoms with van der Waals surface area (Å²) in [6.45, 7) is 4.25. The molecule has 0 atom stereocenters. The van der Waals surface area contributed by atoms with Gasteiger partial charge in [0, 0.05) is 10.8 Å². The Hall–Kier alpha value is -2.28. The van der Waals surface area contributed by atoms with Crippen LogP contribution in [0.5, 0.6) is 0 Å². The normalized spacial score (nSPS) is 11.7. The number of hydrogen-bond donors (Lipinski definition) is 0. The Morgan fingerprint density at radius 1 is 0.684 bits per heavy atom. The van der Waals surface area contributed by atoms with E-state index in [-0.39, 0.29) is 0 Å². The molecule has 0 aliphatic heterocycles. The summed E-state index contributed by atoms with van der Waals surface area (Å²) >= 11 is 0. The Balaban J connectivity index is 2.33. The molecular formula is C18H14O. The summed E-state index contributed by atoms with van der Waals surface area (Å²) in [5.41, 5.74) is 4.48. The van der Waals surface area contributed by atoms with Gasteiger partial charge in [-0.05, 0) is 42.8 Å². The van der Waals surface area contributed by atoms with E-state index >= 15 is 0 Å². The highest BCUT2D eigenvalue weighted by atomic mass is 16.3. The second-order valence-corrected chi connectivity index (χ2v) is 5.26. The topological polar surface area (TPSA) is 13.1 Å². The second-order valence-electron chi connectivity index (χ2n) is 5.26. The molecule has 1 nitrogen and oxygen atoms in total. The predicted octanol–water partition coefficient (Wildman–Crippen LogP) is 5.36. The van der Waals surface area contributed by atoms with E-state index < -0.39 is 0 Å². The summed E-state index contributed by atoms with van der Waals surface area (Å²) in [5.74, 6) is 0. The summed E-state index contributed by atoms with van der Waals surface area (Å²) in [4.78, 5) is 0. The van der Waals surface area contributed by atoms with E-state index in [4.69, 9.17) is 4.42 Å². The van der Waals surface area contributed by atoms with Crippen LogP contribution in [0.3, 0.4) is 0 Å². The molecule has 92 valence electrons. The molecule has 1 heteroatoms. The zero-order chi connectivity index (χ0) is 13.0. The van der Waals surface area contributed by atoms with Gasteiger partial charge in [0.2, 0.25) is 0 Å². The minimum atomic E-state index is 0.967. The molecule has 0 radical (unpaired) electrons. The molecule has 0 unspecified atom stereocenters. The van der Waals surface area contributed by atoms with E-state index in [1.165, 1.54) is 32.7 Å². The standard InChI is InChI=1S/C18H14O/c1-11-3-5-13-6-8-17-18(14(13)9-11)15-10-12(2)4-7-16(15)19-17/h3-10H,1-2H3. The monoisotopic (exact) mass is 246 g/mol. The number of aryl methyl sites for hydroxylation is 2. The largest absolute Gasteiger partial charge is 0.456 e. The molecule has 3 aromatic carbocycles. The number of furan rings is 1. The first-order chi connectivity index (χ1) is 9.22. The lowest BCUT2D eigenvalue weighted by atomic mass is 10.0. The fraction of sp³-hybridized carbons (Fsp3) is 0.111. The molecule has 0 bridgehead atoms. The van der Waals surface area contributed by atoms with Gasteiger partial charge in [-0.1, -0.05) is 41.5 Å². The third-order valence-corrected chi connectivity index (χ3v) is 3.76. The first-order valence-electron chi connectivity index (χ1n) is 6.54. The van der Waals surface area contributed by atoms with Gasteiger partial charge in [-0.25, -0.2) is 0 Å². The van der Waals surface area contributed by atoms with Crippen molar-refractivity contribution in [3.8, 4) is 0 Å². The molecule has 0 aliphatic rings. The first kappa shape index (κ1) is 10.6. The van der Waals surface area contributed by atoms with Crippen molar-refractivity contribution in [3.05, 3.63) is 59.7 Å². The van der Waals surface area contributed by atoms with Crippen LogP contribution in [-0.2, 0) is 0 Å². The lowest BCUT2D eigenvalue weighted by molar-refractivity contribution is 0.669. The Kier molecular flexibility index (Phi) is 2.02. The molecule has 0 amide bonds. The van der Waals surface area contributed by atoms with E-state index in [2.05, 4.69) is 62.4 Å². The maximum Gasteiger partial charge on any atom is 0.136 e. The average Bonchev–Trinajstić information content (AvgIpc) is 2.76. The molecule has 4 aromatic rings. The summed E-state index contributed by atoms with van der Waals surface area (Å²) < 4.78 is 5.96. The van der Waals surface area contributed by atoms with Crippen molar-refractivity contribution >= 4 is 32.7 Å². The lowest BCUT2D eigenvalue weighted by Crippen LogP contribution is -1.77. The molecule has 1 heterocycles. The summed E-state index contributed by atoms with van der Waals surface area (Å²) in [7, 11) is 0. The number of hydrogen-bond acceptors (Lipinski definition) is 1. The number of fused-ring (bicyclic) bond motifs is 5. The highest BCUT2D eigenvalue weighted by molar-refractivity contribution is 6.18. The van der Waals surface area contributed by atoms with E-state index in [1.54, 1.807) is 0 Å². The van der Waals surface area contributed by atoms with Gasteiger partial charge in [0.05, 0.1) is 0 Å². The van der Waals surface area contributed by atoms with E-state index in [0.717, 1.165) is 11.2 Å². The Bertz CT molecular complexity index is 923. The first-order valence-corrected chi connectivity index (χ1v) is 6.54. The van der Waals surface area contributed by atoms with Crippen LogP contribution >= 0.6 is 0 Å². The minimum Gasteiger partial charge on any atom is -0.456 e. The van der Waals surface area contributed by atoms with Crippen LogP contribution < -0.4 is 0 Å². The van der Waals surface area contributed by atoms with Crippen LogP contribution in [0, 0.1) is 13.8 Å². The van der Waals surface area contributed by atoms with Crippen LogP contribution in [0.25, 0.3) is 32.7 Å². The zero-order valence-electron chi connectivity index (χ0n) is 11.0. The van der Waals surface area contributed by atoms with E-state index in [9.17, 15) is 0 Å². The minimum absolute atomic E-state index is 0.967. The summed E-state index contributed by atoms with van der Waals surface area (Å²) in [6, 6.07) is 17.2. The van der Waals surface area contributed by atoms with Crippen molar-refractivity contribution in [1.82, 2.24) is 0 Å². The van der Waals surface area contributed by atoms with Crippen LogP contribution in [0.4, 0.5) is 0 Å². The van der Waals surface area contributed by atoms with Gasteiger partial charge in [-0.3, -0.25) is 0 Å². The van der Waals surface area contributed by atoms with Gasteiger partial charge in [-0.2, -0.15) is 0 Å². The van der Waals surface area contributed by atoms with Crippen molar-refractivity contribution in [2.45, 2.75) is 13.8 Å². The van der Waals surface area contributed by atoms with Gasteiger partial charge in [0.15, 0.2) is 0 Å². The summed E-state index contributed by atoms with van der Waals surface area (Å²) in [5, 5.41) is 5.00. The predicted molar refractivity (Wildman–Crippen MR) is 80.7 cm³/mol. The molecule has 0 fully saturated rings. The third kappa shape index (κ3) is 1.48. The highest BCUT2D eigenvalue weighted by Crippen LogP contribution is 2.35. The van der Waals surface area contributed by atoms with Gasteiger partial charge in [-0.15, -0.1) is 0 Å². The number of benzene rings is 3. The molecule has 0 N–H and O–H groups in total. The molecule has 19 heavy (non-hydrogen) atoms. The molecule has 0 saturated carbocycles. The van der Waals surface area contributed by atoms with Crippen LogP contribution in [-0.4, -0.2) is 0 Å². The second kappa shape index (κ2) is 3.61. The van der Waals surface area contributed by atoms with Crippen molar-refractivity contribution in [2.24, 2.45) is 0 Å². The van der Waals surface area contributed by atoms with Crippen molar-refractivity contribution < 1.29 is 4.42 Å². The van der Waals surface area contributed by atoms with Gasteiger partial charge in [0.1, 0.15) is 11.2 Å². The molecule has 4 rings (SSSR count). The SMILES string of the molecule is Cc1ccc2ccc3oc4ccc(C)cc4c3c2c1. The molecule has 0 aliphatic carbocycles. The van der Waals surface area contributed by atoms with E-state index in [0.29, 0.717) is 0 Å². The molecule has 0 saturated heterocycles. The van der Waals surface area contributed by atoms with Crippen molar-refractivity contribution in [1.29, 1.82) is 0 Å². The average molecular weight is 246 g/mol. The Morgan fingerprint density at radius 3 is 2.16 bits per heavy atom. The Labute approximate surface area is 111 Å². The van der Waals surface area contributed by atoms with Gasteiger partial charge >= 0.3 is 0 Å². The quantitative estimate of drug-likeness (QED) is 0.407. The lowest BCUT2D eigenvalue weighted by Gasteiger charge is -2.01. The summed E-state index contributed by atoms with van der Waals surface area (Å²) in [6.07, 6.45) is 0. The van der Waals surface area contributed by atoms with E-state index in [1.807, 2.05) is 0 Å². The van der Waals surface area contributed by atoms with Crippen LogP contribution in [0.2, 0.25) is 0 Å². The fourth-order valence-electron chi connectivity index (χ4n) is 2.82. The van der Waals surface area contributed by atoms with Crippen molar-refractivity contribution in [2.75, 3.05) is 0 Å². The maximum atomic E-state index is 5.96. The molecule has 0 spiro atoms. The fourth-order valence-corrected chi connectivity index (χ4v) is 2.82. The van der Waals surface area contributed by atoms with Crippen LogP contribution in [0.15, 0.2) is 52.9 Å². The molecular weight excluding hydrogens is 232 g/mol. The van der Waals surface area contributed by atoms with Crippen molar-refractivity contribution in [3.63, 3.8) is 0 Å². The Morgan fingerprint density at radius 2 is 1.32 bits per heavy atom. The zero-order valence-corrected chi connectivity index (χ0v) is 11.0.